The van der Waals surface area contributed by atoms with Gasteiger partial charge < -0.3 is 10.6 Å². The molecule has 6 heteroatoms. The predicted octanol–water partition coefficient (Wildman–Crippen LogP) is 1.09. The molecule has 0 aliphatic rings. The van der Waals surface area contributed by atoms with Gasteiger partial charge in [0.2, 0.25) is 0 Å². The van der Waals surface area contributed by atoms with Crippen LogP contribution in [-0.2, 0) is 0 Å². The minimum Gasteiger partial charge on any atom is -0.355 e. The van der Waals surface area contributed by atoms with Crippen LogP contribution < -0.4 is 10.6 Å². The Bertz CT molecular complexity index is 599. The van der Waals surface area contributed by atoms with Crippen LogP contribution in [0.3, 0.4) is 0 Å². The van der Waals surface area contributed by atoms with Gasteiger partial charge in [0.1, 0.15) is 5.69 Å². The maximum absolute atomic E-state index is 11.9. The summed E-state index contributed by atoms with van der Waals surface area (Å²) in [7, 11) is 1.55. The van der Waals surface area contributed by atoms with Crippen LogP contribution in [0.2, 0.25) is 0 Å². The summed E-state index contributed by atoms with van der Waals surface area (Å²) < 4.78 is 0. The zero-order valence-corrected chi connectivity index (χ0v) is 10.3. The van der Waals surface area contributed by atoms with Gasteiger partial charge in [-0.25, -0.2) is 4.98 Å². The average molecular weight is 256 g/mol. The van der Waals surface area contributed by atoms with E-state index in [1.165, 1.54) is 18.6 Å². The molecular formula is C13H12N4O2. The average Bonchev–Trinajstić information content (AvgIpc) is 2.47. The molecule has 6 nitrogen and oxygen atoms in total. The van der Waals surface area contributed by atoms with Gasteiger partial charge in [-0.2, -0.15) is 0 Å². The molecule has 0 unspecified atom stereocenters. The summed E-state index contributed by atoms with van der Waals surface area (Å²) in [6, 6.07) is 6.64. The lowest BCUT2D eigenvalue weighted by atomic mass is 10.2. The number of carbonyl (C=O) groups excluding carboxylic acids is 2. The minimum atomic E-state index is -0.373. The van der Waals surface area contributed by atoms with E-state index in [0.717, 1.165) is 0 Å². The molecule has 0 atom stereocenters. The molecule has 2 N–H and O–H groups in total. The van der Waals surface area contributed by atoms with Gasteiger partial charge in [0.15, 0.2) is 0 Å². The van der Waals surface area contributed by atoms with Gasteiger partial charge in [0.05, 0.1) is 6.20 Å². The monoisotopic (exact) mass is 256 g/mol. The van der Waals surface area contributed by atoms with Crippen molar-refractivity contribution in [3.05, 3.63) is 54.1 Å². The first-order valence-electron chi connectivity index (χ1n) is 5.60. The molecule has 0 fully saturated rings. The fourth-order valence-corrected chi connectivity index (χ4v) is 1.49. The van der Waals surface area contributed by atoms with Gasteiger partial charge in [-0.15, -0.1) is 0 Å². The van der Waals surface area contributed by atoms with E-state index >= 15 is 0 Å². The molecule has 2 amide bonds. The van der Waals surface area contributed by atoms with Crippen molar-refractivity contribution in [2.45, 2.75) is 0 Å². The van der Waals surface area contributed by atoms with E-state index < -0.39 is 0 Å². The minimum absolute atomic E-state index is 0.212. The summed E-state index contributed by atoms with van der Waals surface area (Å²) in [6.07, 6.45) is 4.30. The van der Waals surface area contributed by atoms with Crippen molar-refractivity contribution in [1.82, 2.24) is 15.3 Å². The molecule has 19 heavy (non-hydrogen) atoms. The van der Waals surface area contributed by atoms with E-state index in [0.29, 0.717) is 11.3 Å². The van der Waals surface area contributed by atoms with Crippen LogP contribution in [0.4, 0.5) is 5.69 Å². The molecule has 0 radical (unpaired) electrons. The lowest BCUT2D eigenvalue weighted by Crippen LogP contribution is -2.18. The van der Waals surface area contributed by atoms with Gasteiger partial charge in [0, 0.05) is 30.7 Å². The van der Waals surface area contributed by atoms with Crippen LogP contribution in [0.25, 0.3) is 0 Å². The Morgan fingerprint density at radius 1 is 1.16 bits per heavy atom. The molecule has 2 rings (SSSR count). The highest BCUT2D eigenvalue weighted by Crippen LogP contribution is 2.11. The van der Waals surface area contributed by atoms with Crippen LogP contribution in [-0.4, -0.2) is 28.8 Å². The van der Waals surface area contributed by atoms with Gasteiger partial charge in [-0.1, -0.05) is 6.07 Å². The van der Waals surface area contributed by atoms with Crippen LogP contribution in [0.15, 0.2) is 42.9 Å². The third-order valence-corrected chi connectivity index (χ3v) is 2.41. The number of hydrogen-bond donors (Lipinski definition) is 2. The van der Waals surface area contributed by atoms with Crippen LogP contribution in [0.1, 0.15) is 20.8 Å². The molecule has 96 valence electrons. The Morgan fingerprint density at radius 2 is 2.00 bits per heavy atom. The molecular weight excluding hydrogens is 244 g/mol. The largest absolute Gasteiger partial charge is 0.355 e. The molecule has 0 spiro atoms. The normalized spacial score (nSPS) is 9.74. The van der Waals surface area contributed by atoms with E-state index in [-0.39, 0.29) is 17.5 Å². The zero-order valence-electron chi connectivity index (χ0n) is 10.3. The molecule has 0 bridgehead atoms. The number of carbonyl (C=O) groups is 2. The highest BCUT2D eigenvalue weighted by Gasteiger charge is 2.09. The molecule has 0 aliphatic heterocycles. The first-order valence-corrected chi connectivity index (χ1v) is 5.60. The highest BCUT2D eigenvalue weighted by molar-refractivity contribution is 6.03. The maximum atomic E-state index is 11.9. The van der Waals surface area contributed by atoms with Crippen LogP contribution >= 0.6 is 0 Å². The van der Waals surface area contributed by atoms with Crippen molar-refractivity contribution in [3.8, 4) is 0 Å². The lowest BCUT2D eigenvalue weighted by molar-refractivity contribution is 0.0961. The van der Waals surface area contributed by atoms with Crippen molar-refractivity contribution >= 4 is 17.5 Å². The smallest absolute Gasteiger partial charge is 0.275 e. The van der Waals surface area contributed by atoms with E-state index in [9.17, 15) is 9.59 Å². The number of hydrogen-bond acceptors (Lipinski definition) is 4. The van der Waals surface area contributed by atoms with Crippen LogP contribution in [0.5, 0.6) is 0 Å². The summed E-state index contributed by atoms with van der Waals surface area (Å²) in [5, 5.41) is 5.18. The molecule has 0 saturated heterocycles. The quantitative estimate of drug-likeness (QED) is 0.861. The Kier molecular flexibility index (Phi) is 3.82. The fourth-order valence-electron chi connectivity index (χ4n) is 1.49. The Morgan fingerprint density at radius 3 is 2.68 bits per heavy atom. The van der Waals surface area contributed by atoms with E-state index in [4.69, 9.17) is 0 Å². The van der Waals surface area contributed by atoms with Gasteiger partial charge in [-0.3, -0.25) is 14.6 Å². The molecule has 2 aromatic rings. The SMILES string of the molecule is CNC(=O)c1cccc(NC(=O)c2cnccn2)c1. The second kappa shape index (κ2) is 5.72. The second-order valence-electron chi connectivity index (χ2n) is 3.70. The van der Waals surface area contributed by atoms with Crippen molar-refractivity contribution in [2.24, 2.45) is 0 Å². The Hall–Kier alpha value is -2.76. The summed E-state index contributed by atoms with van der Waals surface area (Å²) in [4.78, 5) is 31.0. The maximum Gasteiger partial charge on any atom is 0.275 e. The van der Waals surface area contributed by atoms with Crippen molar-refractivity contribution < 1.29 is 9.59 Å². The predicted molar refractivity (Wildman–Crippen MR) is 69.8 cm³/mol. The third-order valence-electron chi connectivity index (χ3n) is 2.41. The highest BCUT2D eigenvalue weighted by atomic mass is 16.2. The van der Waals surface area contributed by atoms with Crippen molar-refractivity contribution in [2.75, 3.05) is 12.4 Å². The number of rotatable bonds is 3. The van der Waals surface area contributed by atoms with E-state index in [2.05, 4.69) is 20.6 Å². The van der Waals surface area contributed by atoms with E-state index in [1.807, 2.05) is 0 Å². The van der Waals surface area contributed by atoms with Crippen molar-refractivity contribution in [1.29, 1.82) is 0 Å². The fraction of sp³-hybridized carbons (Fsp3) is 0.0769. The van der Waals surface area contributed by atoms with Gasteiger partial charge >= 0.3 is 0 Å². The Labute approximate surface area is 109 Å². The summed E-state index contributed by atoms with van der Waals surface area (Å²) in [5.41, 5.74) is 1.21. The number of amides is 2. The van der Waals surface area contributed by atoms with Crippen LogP contribution in [0, 0.1) is 0 Å². The van der Waals surface area contributed by atoms with E-state index in [1.54, 1.807) is 31.3 Å². The number of aromatic nitrogens is 2. The molecule has 0 aliphatic carbocycles. The number of benzene rings is 1. The first kappa shape index (κ1) is 12.7. The van der Waals surface area contributed by atoms with Crippen molar-refractivity contribution in [3.63, 3.8) is 0 Å². The number of nitrogens with zero attached hydrogens (tertiary/aromatic N) is 2. The summed E-state index contributed by atoms with van der Waals surface area (Å²) in [6.45, 7) is 0. The standard InChI is InChI=1S/C13H12N4O2/c1-14-12(18)9-3-2-4-10(7-9)17-13(19)11-8-15-5-6-16-11/h2-8H,1H3,(H,14,18)(H,17,19). The van der Waals surface area contributed by atoms with Gasteiger partial charge in [0.25, 0.3) is 11.8 Å². The molecule has 1 heterocycles. The summed E-state index contributed by atoms with van der Waals surface area (Å²) >= 11 is 0. The summed E-state index contributed by atoms with van der Waals surface area (Å²) in [5.74, 6) is -0.585. The number of nitrogens with one attached hydrogen (secondary N) is 2. The molecule has 1 aromatic carbocycles. The lowest BCUT2D eigenvalue weighted by Gasteiger charge is -2.06. The topological polar surface area (TPSA) is 84.0 Å². The molecule has 0 saturated carbocycles. The molecule has 1 aromatic heterocycles. The first-order chi connectivity index (χ1) is 9.20. The zero-order chi connectivity index (χ0) is 13.7. The number of anilines is 1. The van der Waals surface area contributed by atoms with Gasteiger partial charge in [-0.05, 0) is 18.2 Å². The second-order valence-corrected chi connectivity index (χ2v) is 3.70. The third kappa shape index (κ3) is 3.12. The Balaban J connectivity index is 2.16.